The minimum absolute atomic E-state index is 0.626. The van der Waals surface area contributed by atoms with E-state index in [4.69, 9.17) is 19.4 Å². The van der Waals surface area contributed by atoms with Crippen molar-refractivity contribution >= 4 is 38.3 Å². The number of morpholine rings is 1. The molecule has 0 unspecified atom stereocenters. The molecule has 10 heteroatoms. The highest BCUT2D eigenvalue weighted by atomic mass is 32.1. The molecule has 32 heavy (non-hydrogen) atoms. The molecule has 0 amide bonds. The molecule has 0 spiro atoms. The van der Waals surface area contributed by atoms with Crippen molar-refractivity contribution in [1.82, 2.24) is 30.1 Å². The van der Waals surface area contributed by atoms with Crippen LogP contribution in [0.3, 0.4) is 0 Å². The molecule has 9 nitrogen and oxygen atoms in total. The number of thiophene rings is 1. The summed E-state index contributed by atoms with van der Waals surface area (Å²) in [5, 5.41) is 8.07. The van der Waals surface area contributed by atoms with Crippen molar-refractivity contribution in [3.05, 3.63) is 43.1 Å². The standard InChI is InChI=1S/C22H19N7O2S/c1-30-18-2-3-23-10-15(18)19-8-16-20(32-19)22(29-4-6-31-7-5-29)27-21(26-16)14-9-24-12-17-13(14)11-25-28-17/h2-3,8-12H,4-7H2,1H3,(H,25,28). The van der Waals surface area contributed by atoms with Crippen LogP contribution < -0.4 is 9.64 Å². The van der Waals surface area contributed by atoms with Gasteiger partial charge in [-0.05, 0) is 12.1 Å². The average Bonchev–Trinajstić information content (AvgIpc) is 3.51. The van der Waals surface area contributed by atoms with E-state index in [1.807, 2.05) is 12.3 Å². The first-order chi connectivity index (χ1) is 15.8. The van der Waals surface area contributed by atoms with Gasteiger partial charge in [-0.3, -0.25) is 15.1 Å². The molecule has 1 N–H and O–H groups in total. The van der Waals surface area contributed by atoms with Crippen LogP contribution in [0.4, 0.5) is 5.82 Å². The lowest BCUT2D eigenvalue weighted by molar-refractivity contribution is 0.122. The molecule has 5 aromatic rings. The quantitative estimate of drug-likeness (QED) is 0.448. The molecule has 1 aliphatic heterocycles. The monoisotopic (exact) mass is 445 g/mol. The molecule has 0 aromatic carbocycles. The number of nitrogens with zero attached hydrogens (tertiary/aromatic N) is 6. The minimum atomic E-state index is 0.626. The number of fused-ring (bicyclic) bond motifs is 2. The molecule has 6 rings (SSSR count). The SMILES string of the molecule is COc1ccncc1-c1cc2nc(-c3cncc4[nH]ncc34)nc(N3CCOCC3)c2s1. The minimum Gasteiger partial charge on any atom is -0.496 e. The lowest BCUT2D eigenvalue weighted by atomic mass is 10.1. The normalized spacial score (nSPS) is 14.3. The first kappa shape index (κ1) is 19.1. The molecule has 0 aliphatic carbocycles. The highest BCUT2D eigenvalue weighted by Crippen LogP contribution is 2.41. The second-order valence-electron chi connectivity index (χ2n) is 7.39. The molecule has 6 heterocycles. The Morgan fingerprint density at radius 1 is 1.06 bits per heavy atom. The molecular formula is C22H19N7O2S. The maximum absolute atomic E-state index is 5.57. The molecule has 0 atom stereocenters. The zero-order chi connectivity index (χ0) is 21.5. The summed E-state index contributed by atoms with van der Waals surface area (Å²) in [6.07, 6.45) is 8.88. The van der Waals surface area contributed by atoms with Crippen molar-refractivity contribution in [2.45, 2.75) is 0 Å². The zero-order valence-electron chi connectivity index (χ0n) is 17.3. The van der Waals surface area contributed by atoms with Crippen LogP contribution in [0, 0.1) is 0 Å². The Kier molecular flexibility index (Phi) is 4.66. The maximum atomic E-state index is 5.57. The highest BCUT2D eigenvalue weighted by Gasteiger charge is 2.22. The van der Waals surface area contributed by atoms with Gasteiger partial charge in [-0.15, -0.1) is 11.3 Å². The van der Waals surface area contributed by atoms with E-state index in [1.54, 1.807) is 43.2 Å². The summed E-state index contributed by atoms with van der Waals surface area (Å²) in [6.45, 7) is 2.91. The number of rotatable bonds is 4. The number of H-pyrrole nitrogens is 1. The summed E-state index contributed by atoms with van der Waals surface area (Å²) in [6, 6.07) is 3.95. The Hall–Kier alpha value is -3.63. The Bertz CT molecular complexity index is 1420. The zero-order valence-corrected chi connectivity index (χ0v) is 18.1. The van der Waals surface area contributed by atoms with Crippen LogP contribution in [-0.4, -0.2) is 63.5 Å². The van der Waals surface area contributed by atoms with Crippen molar-refractivity contribution in [3.8, 4) is 27.6 Å². The van der Waals surface area contributed by atoms with Gasteiger partial charge in [0.2, 0.25) is 0 Å². The Labute approximate surface area is 187 Å². The van der Waals surface area contributed by atoms with E-state index in [-0.39, 0.29) is 0 Å². The number of pyridine rings is 2. The predicted molar refractivity (Wildman–Crippen MR) is 123 cm³/mol. The number of aromatic amines is 1. The van der Waals surface area contributed by atoms with Crippen LogP contribution in [0.1, 0.15) is 0 Å². The molecule has 160 valence electrons. The van der Waals surface area contributed by atoms with E-state index in [0.29, 0.717) is 19.0 Å². The van der Waals surface area contributed by atoms with E-state index in [0.717, 1.165) is 61.8 Å². The van der Waals surface area contributed by atoms with Gasteiger partial charge in [0, 0.05) is 47.5 Å². The van der Waals surface area contributed by atoms with Gasteiger partial charge in [-0.1, -0.05) is 0 Å². The Morgan fingerprint density at radius 3 is 2.81 bits per heavy atom. The van der Waals surface area contributed by atoms with E-state index in [1.165, 1.54) is 0 Å². The van der Waals surface area contributed by atoms with E-state index in [9.17, 15) is 0 Å². The molecule has 0 saturated carbocycles. The topological polar surface area (TPSA) is 102 Å². The fourth-order valence-corrected chi connectivity index (χ4v) is 5.07. The number of hydrogen-bond acceptors (Lipinski definition) is 9. The maximum Gasteiger partial charge on any atom is 0.164 e. The van der Waals surface area contributed by atoms with Crippen molar-refractivity contribution in [1.29, 1.82) is 0 Å². The first-order valence-corrected chi connectivity index (χ1v) is 11.0. The average molecular weight is 446 g/mol. The molecule has 0 radical (unpaired) electrons. The third-order valence-corrected chi connectivity index (χ3v) is 6.69. The fourth-order valence-electron chi connectivity index (χ4n) is 3.95. The van der Waals surface area contributed by atoms with Gasteiger partial charge in [-0.2, -0.15) is 5.10 Å². The molecular weight excluding hydrogens is 426 g/mol. The second kappa shape index (κ2) is 7.81. The summed E-state index contributed by atoms with van der Waals surface area (Å²) in [5.74, 6) is 2.31. The lowest BCUT2D eigenvalue weighted by Crippen LogP contribution is -2.36. The molecule has 5 aromatic heterocycles. The number of methoxy groups -OCH3 is 1. The first-order valence-electron chi connectivity index (χ1n) is 10.2. The van der Waals surface area contributed by atoms with Crippen LogP contribution in [0.5, 0.6) is 5.75 Å². The van der Waals surface area contributed by atoms with Crippen molar-refractivity contribution in [2.75, 3.05) is 38.3 Å². The van der Waals surface area contributed by atoms with Gasteiger partial charge < -0.3 is 14.4 Å². The summed E-state index contributed by atoms with van der Waals surface area (Å²) >= 11 is 1.65. The Morgan fingerprint density at radius 2 is 1.94 bits per heavy atom. The summed E-state index contributed by atoms with van der Waals surface area (Å²) in [4.78, 5) is 21.9. The van der Waals surface area contributed by atoms with E-state index < -0.39 is 0 Å². The molecule has 1 aliphatic rings. The van der Waals surface area contributed by atoms with E-state index >= 15 is 0 Å². The second-order valence-corrected chi connectivity index (χ2v) is 8.44. The van der Waals surface area contributed by atoms with Crippen molar-refractivity contribution < 1.29 is 9.47 Å². The molecule has 1 saturated heterocycles. The van der Waals surface area contributed by atoms with Crippen LogP contribution in [-0.2, 0) is 4.74 Å². The van der Waals surface area contributed by atoms with Gasteiger partial charge in [0.15, 0.2) is 11.6 Å². The third kappa shape index (κ3) is 3.15. The van der Waals surface area contributed by atoms with E-state index in [2.05, 4.69) is 31.1 Å². The van der Waals surface area contributed by atoms with Gasteiger partial charge in [0.1, 0.15) is 5.75 Å². The van der Waals surface area contributed by atoms with Gasteiger partial charge >= 0.3 is 0 Å². The molecule has 1 fully saturated rings. The fraction of sp³-hybridized carbons (Fsp3) is 0.227. The van der Waals surface area contributed by atoms with Crippen LogP contribution in [0.2, 0.25) is 0 Å². The largest absolute Gasteiger partial charge is 0.496 e. The number of hydrogen-bond donors (Lipinski definition) is 1. The number of ether oxygens (including phenoxy) is 2. The highest BCUT2D eigenvalue weighted by molar-refractivity contribution is 7.22. The van der Waals surface area contributed by atoms with Crippen LogP contribution >= 0.6 is 11.3 Å². The van der Waals surface area contributed by atoms with Crippen molar-refractivity contribution in [3.63, 3.8) is 0 Å². The third-order valence-electron chi connectivity index (χ3n) is 5.54. The predicted octanol–water partition coefficient (Wildman–Crippen LogP) is 3.54. The smallest absolute Gasteiger partial charge is 0.164 e. The summed E-state index contributed by atoms with van der Waals surface area (Å²) < 4.78 is 12.2. The molecule has 0 bridgehead atoms. The lowest BCUT2D eigenvalue weighted by Gasteiger charge is -2.28. The van der Waals surface area contributed by atoms with Gasteiger partial charge in [-0.25, -0.2) is 9.97 Å². The van der Waals surface area contributed by atoms with Crippen molar-refractivity contribution in [2.24, 2.45) is 0 Å². The summed E-state index contributed by atoms with van der Waals surface area (Å²) in [7, 11) is 1.67. The number of aromatic nitrogens is 6. The Balaban J connectivity index is 1.58. The number of anilines is 1. The van der Waals surface area contributed by atoms with Gasteiger partial charge in [0.25, 0.3) is 0 Å². The van der Waals surface area contributed by atoms with Crippen LogP contribution in [0.15, 0.2) is 43.1 Å². The van der Waals surface area contributed by atoms with Gasteiger partial charge in [0.05, 0.1) is 54.0 Å². The van der Waals surface area contributed by atoms with Crippen LogP contribution in [0.25, 0.3) is 42.9 Å². The summed E-state index contributed by atoms with van der Waals surface area (Å²) in [5.41, 5.74) is 3.51. The number of nitrogens with one attached hydrogen (secondary N) is 1.